The molecule has 0 spiro atoms. The van der Waals surface area contributed by atoms with Gasteiger partial charge in [-0.05, 0) is 36.3 Å². The summed E-state index contributed by atoms with van der Waals surface area (Å²) >= 11 is 0. The number of sulfonamides is 1. The molecule has 1 aromatic rings. The van der Waals surface area contributed by atoms with Gasteiger partial charge in [0.05, 0.1) is 5.69 Å². The molecule has 0 atom stereocenters. The van der Waals surface area contributed by atoms with Crippen LogP contribution in [0.4, 0.5) is 18.9 Å². The highest BCUT2D eigenvalue weighted by Crippen LogP contribution is 2.40. The lowest BCUT2D eigenvalue weighted by Crippen LogP contribution is -2.46. The number of carbonyl (C=O) groups excluding carboxylic acids is 2. The predicted octanol–water partition coefficient (Wildman–Crippen LogP) is 3.43. The van der Waals surface area contributed by atoms with Gasteiger partial charge in [0.25, 0.3) is 0 Å². The standard InChI is InChI=1S/C19H23F3N2O4S/c1-18(2)9-10-23(16(25)11-18)12-14-5-3-4-6-15(14)24(17(26)13-7-8-13)29(27,28)19(20,21)22/h3-6,13H,7-12H2,1-2H3. The number of para-hydroxylation sites is 1. The monoisotopic (exact) mass is 432 g/mol. The summed E-state index contributed by atoms with van der Waals surface area (Å²) in [4.78, 5) is 26.5. The van der Waals surface area contributed by atoms with E-state index in [-0.39, 0.29) is 33.4 Å². The Morgan fingerprint density at radius 2 is 1.86 bits per heavy atom. The van der Waals surface area contributed by atoms with E-state index in [9.17, 15) is 31.2 Å². The zero-order valence-corrected chi connectivity index (χ0v) is 17.0. The number of hydrogen-bond acceptors (Lipinski definition) is 4. The van der Waals surface area contributed by atoms with Crippen LogP contribution < -0.4 is 4.31 Å². The summed E-state index contributed by atoms with van der Waals surface area (Å²) in [5, 5.41) is 0. The highest BCUT2D eigenvalue weighted by molar-refractivity contribution is 7.94. The second kappa shape index (κ2) is 7.30. The molecule has 1 saturated carbocycles. The van der Waals surface area contributed by atoms with Gasteiger partial charge in [-0.3, -0.25) is 9.59 Å². The fraction of sp³-hybridized carbons (Fsp3) is 0.579. The Hall–Kier alpha value is -2.10. The molecule has 0 unspecified atom stereocenters. The van der Waals surface area contributed by atoms with Crippen LogP contribution in [0.3, 0.4) is 0 Å². The summed E-state index contributed by atoms with van der Waals surface area (Å²) in [5.74, 6) is -1.98. The second-order valence-corrected chi connectivity index (χ2v) is 10.1. The minimum Gasteiger partial charge on any atom is -0.338 e. The average molecular weight is 432 g/mol. The van der Waals surface area contributed by atoms with Crippen molar-refractivity contribution >= 4 is 27.5 Å². The van der Waals surface area contributed by atoms with Crippen molar-refractivity contribution in [3.63, 3.8) is 0 Å². The van der Waals surface area contributed by atoms with Crippen molar-refractivity contribution < 1.29 is 31.2 Å². The van der Waals surface area contributed by atoms with E-state index in [1.807, 2.05) is 13.8 Å². The third-order valence-corrected chi connectivity index (χ3v) is 6.71. The van der Waals surface area contributed by atoms with Crippen LogP contribution in [0.1, 0.15) is 45.1 Å². The Bertz CT molecular complexity index is 924. The van der Waals surface area contributed by atoms with Crippen LogP contribution >= 0.6 is 0 Å². The molecule has 2 amide bonds. The number of benzene rings is 1. The summed E-state index contributed by atoms with van der Waals surface area (Å²) in [6.07, 6.45) is 1.71. The maximum absolute atomic E-state index is 13.3. The molecule has 2 fully saturated rings. The third kappa shape index (κ3) is 4.41. The van der Waals surface area contributed by atoms with Gasteiger partial charge in [-0.15, -0.1) is 0 Å². The van der Waals surface area contributed by atoms with E-state index >= 15 is 0 Å². The van der Waals surface area contributed by atoms with Gasteiger partial charge in [0.2, 0.25) is 11.8 Å². The SMILES string of the molecule is CC1(C)CCN(Cc2ccccc2N(C(=O)C2CC2)S(=O)(=O)C(F)(F)F)C(=O)C1. The second-order valence-electron chi connectivity index (χ2n) is 8.36. The molecule has 6 nitrogen and oxygen atoms in total. The van der Waals surface area contributed by atoms with E-state index in [4.69, 9.17) is 0 Å². The minimum atomic E-state index is -5.91. The van der Waals surface area contributed by atoms with Crippen LogP contribution in [0.25, 0.3) is 0 Å². The van der Waals surface area contributed by atoms with Gasteiger partial charge in [-0.1, -0.05) is 32.0 Å². The van der Waals surface area contributed by atoms with Crippen LogP contribution in [-0.4, -0.2) is 37.2 Å². The molecular weight excluding hydrogens is 409 g/mol. The minimum absolute atomic E-state index is 0.0626. The summed E-state index contributed by atoms with van der Waals surface area (Å²) in [6.45, 7) is 4.26. The first-order valence-corrected chi connectivity index (χ1v) is 10.8. The van der Waals surface area contributed by atoms with Gasteiger partial charge >= 0.3 is 15.5 Å². The van der Waals surface area contributed by atoms with E-state index in [0.29, 0.717) is 32.2 Å². The molecule has 10 heteroatoms. The van der Waals surface area contributed by atoms with Gasteiger partial charge in [0.1, 0.15) is 0 Å². The van der Waals surface area contributed by atoms with E-state index < -0.39 is 27.4 Å². The van der Waals surface area contributed by atoms with Crippen molar-refractivity contribution in [2.24, 2.45) is 11.3 Å². The highest BCUT2D eigenvalue weighted by atomic mass is 32.2. The molecule has 160 valence electrons. The number of likely N-dealkylation sites (tertiary alicyclic amines) is 1. The van der Waals surface area contributed by atoms with E-state index in [1.165, 1.54) is 29.2 Å². The van der Waals surface area contributed by atoms with Crippen LogP contribution in [0.5, 0.6) is 0 Å². The topological polar surface area (TPSA) is 74.8 Å². The molecule has 0 N–H and O–H groups in total. The van der Waals surface area contributed by atoms with Crippen molar-refractivity contribution in [2.45, 2.75) is 51.6 Å². The molecule has 1 aliphatic heterocycles. The fourth-order valence-corrected chi connectivity index (χ4v) is 4.38. The zero-order chi connectivity index (χ0) is 21.6. The molecule has 1 aromatic carbocycles. The summed E-state index contributed by atoms with van der Waals surface area (Å²) in [6, 6.07) is 5.54. The third-order valence-electron chi connectivity index (χ3n) is 5.27. The van der Waals surface area contributed by atoms with Gasteiger partial charge in [0.15, 0.2) is 0 Å². The Labute approximate surface area is 167 Å². The molecule has 1 heterocycles. The van der Waals surface area contributed by atoms with Crippen molar-refractivity contribution in [1.29, 1.82) is 0 Å². The lowest BCUT2D eigenvalue weighted by Gasteiger charge is -2.37. The molecule has 0 aromatic heterocycles. The molecule has 0 bridgehead atoms. The molecule has 29 heavy (non-hydrogen) atoms. The molecule has 2 aliphatic rings. The fourth-order valence-electron chi connectivity index (χ4n) is 3.35. The number of halogens is 3. The van der Waals surface area contributed by atoms with Crippen LogP contribution in [0.15, 0.2) is 24.3 Å². The number of piperidine rings is 1. The van der Waals surface area contributed by atoms with E-state index in [2.05, 4.69) is 0 Å². The summed E-state index contributed by atoms with van der Waals surface area (Å²) in [7, 11) is -5.91. The van der Waals surface area contributed by atoms with Crippen LogP contribution in [-0.2, 0) is 26.2 Å². The summed E-state index contributed by atoms with van der Waals surface area (Å²) in [5.41, 5.74) is -5.95. The Kier molecular flexibility index (Phi) is 5.44. The molecular formula is C19H23F3N2O4S. The number of amides is 2. The van der Waals surface area contributed by atoms with Crippen molar-refractivity contribution in [3.8, 4) is 0 Å². The highest BCUT2D eigenvalue weighted by Gasteiger charge is 2.54. The average Bonchev–Trinajstić information content (AvgIpc) is 3.42. The lowest BCUT2D eigenvalue weighted by molar-refractivity contribution is -0.137. The first-order chi connectivity index (χ1) is 13.3. The normalized spacial score (nSPS) is 19.9. The quantitative estimate of drug-likeness (QED) is 0.715. The molecule has 0 radical (unpaired) electrons. The Morgan fingerprint density at radius 1 is 1.24 bits per heavy atom. The maximum atomic E-state index is 13.3. The van der Waals surface area contributed by atoms with E-state index in [0.717, 1.165) is 0 Å². The van der Waals surface area contributed by atoms with E-state index in [1.54, 1.807) is 0 Å². The Balaban J connectivity index is 1.98. The molecule has 1 saturated heterocycles. The maximum Gasteiger partial charge on any atom is 0.517 e. The van der Waals surface area contributed by atoms with Crippen LogP contribution in [0.2, 0.25) is 0 Å². The number of alkyl halides is 3. The summed E-state index contributed by atoms with van der Waals surface area (Å²) < 4.78 is 64.2. The number of rotatable bonds is 5. The van der Waals surface area contributed by atoms with Crippen LogP contribution in [0, 0.1) is 11.3 Å². The van der Waals surface area contributed by atoms with Crippen molar-refractivity contribution in [3.05, 3.63) is 29.8 Å². The number of nitrogens with zero attached hydrogens (tertiary/aromatic N) is 2. The van der Waals surface area contributed by atoms with Crippen molar-refractivity contribution in [1.82, 2.24) is 4.90 Å². The largest absolute Gasteiger partial charge is 0.517 e. The van der Waals surface area contributed by atoms with Gasteiger partial charge in [-0.2, -0.15) is 25.9 Å². The predicted molar refractivity (Wildman–Crippen MR) is 100 cm³/mol. The smallest absolute Gasteiger partial charge is 0.338 e. The number of anilines is 1. The molecule has 3 rings (SSSR count). The lowest BCUT2D eigenvalue weighted by atomic mass is 9.82. The Morgan fingerprint density at radius 3 is 2.41 bits per heavy atom. The van der Waals surface area contributed by atoms with Gasteiger partial charge in [0, 0.05) is 25.4 Å². The van der Waals surface area contributed by atoms with Gasteiger partial charge in [-0.25, -0.2) is 0 Å². The van der Waals surface area contributed by atoms with Gasteiger partial charge < -0.3 is 4.90 Å². The number of carbonyl (C=O) groups is 2. The van der Waals surface area contributed by atoms with Crippen molar-refractivity contribution in [2.75, 3.05) is 10.8 Å². The molecule has 1 aliphatic carbocycles. The zero-order valence-electron chi connectivity index (χ0n) is 16.2. The first kappa shape index (κ1) is 21.6. The first-order valence-electron chi connectivity index (χ1n) is 9.35. The number of hydrogen-bond donors (Lipinski definition) is 0.